The third-order valence-corrected chi connectivity index (χ3v) is 2.35. The van der Waals surface area contributed by atoms with Crippen LogP contribution in [0.4, 0.5) is 0 Å². The van der Waals surface area contributed by atoms with E-state index in [1.807, 2.05) is 0 Å². The Morgan fingerprint density at radius 3 is 2.65 bits per heavy atom. The van der Waals surface area contributed by atoms with Crippen molar-refractivity contribution in [2.75, 3.05) is 6.54 Å². The smallest absolute Gasteiger partial charge is 0.159 e. The second kappa shape index (κ2) is 4.80. The number of hydrogen-bond donors (Lipinski definition) is 3. The number of benzene rings is 1. The van der Waals surface area contributed by atoms with Gasteiger partial charge in [-0.25, -0.2) is 9.97 Å². The number of phenolic OH excluding ortho intramolecular Hbond substituents is 2. The average molecular weight is 231 g/mol. The van der Waals surface area contributed by atoms with E-state index in [2.05, 4.69) is 9.97 Å². The Morgan fingerprint density at radius 2 is 1.94 bits per heavy atom. The van der Waals surface area contributed by atoms with Gasteiger partial charge in [-0.15, -0.1) is 0 Å². The van der Waals surface area contributed by atoms with Gasteiger partial charge in [-0.1, -0.05) is 0 Å². The number of aromatic hydroxyl groups is 2. The molecule has 0 radical (unpaired) electrons. The number of phenols is 2. The van der Waals surface area contributed by atoms with E-state index in [0.29, 0.717) is 24.4 Å². The molecule has 2 rings (SSSR count). The minimum absolute atomic E-state index is 0.160. The summed E-state index contributed by atoms with van der Waals surface area (Å²) >= 11 is 0. The van der Waals surface area contributed by atoms with Crippen LogP contribution in [0.3, 0.4) is 0 Å². The molecule has 1 heterocycles. The molecule has 0 unspecified atom stereocenters. The minimum Gasteiger partial charge on any atom is -0.504 e. The van der Waals surface area contributed by atoms with E-state index in [4.69, 9.17) is 5.73 Å². The first-order valence-electron chi connectivity index (χ1n) is 5.25. The summed E-state index contributed by atoms with van der Waals surface area (Å²) in [7, 11) is 0. The third-order valence-electron chi connectivity index (χ3n) is 2.35. The van der Waals surface area contributed by atoms with Crippen LogP contribution in [-0.4, -0.2) is 26.7 Å². The molecule has 5 heteroatoms. The van der Waals surface area contributed by atoms with Crippen molar-refractivity contribution in [3.8, 4) is 22.9 Å². The van der Waals surface area contributed by atoms with E-state index in [9.17, 15) is 10.2 Å². The van der Waals surface area contributed by atoms with Gasteiger partial charge in [0.15, 0.2) is 17.3 Å². The van der Waals surface area contributed by atoms with Gasteiger partial charge in [0.2, 0.25) is 0 Å². The summed E-state index contributed by atoms with van der Waals surface area (Å²) in [4.78, 5) is 8.44. The molecule has 1 aromatic carbocycles. The highest BCUT2D eigenvalue weighted by atomic mass is 16.3. The van der Waals surface area contributed by atoms with E-state index in [-0.39, 0.29) is 11.5 Å². The lowest BCUT2D eigenvalue weighted by Gasteiger charge is -2.04. The zero-order chi connectivity index (χ0) is 12.3. The second-order valence-corrected chi connectivity index (χ2v) is 3.61. The molecule has 2 aromatic rings. The molecule has 0 aliphatic rings. The Kier molecular flexibility index (Phi) is 3.20. The van der Waals surface area contributed by atoms with Crippen molar-refractivity contribution >= 4 is 0 Å². The number of nitrogens with zero attached hydrogens (tertiary/aromatic N) is 2. The predicted octanol–water partition coefficient (Wildman–Crippen LogP) is 1.06. The molecule has 0 bridgehead atoms. The van der Waals surface area contributed by atoms with Gasteiger partial charge >= 0.3 is 0 Å². The summed E-state index contributed by atoms with van der Waals surface area (Å²) in [5.74, 6) is 0.161. The van der Waals surface area contributed by atoms with Crippen LogP contribution in [0.2, 0.25) is 0 Å². The Morgan fingerprint density at radius 1 is 1.12 bits per heavy atom. The average Bonchev–Trinajstić information content (AvgIpc) is 2.33. The van der Waals surface area contributed by atoms with Gasteiger partial charge in [0.1, 0.15) is 0 Å². The lowest BCUT2D eigenvalue weighted by Crippen LogP contribution is -2.05. The Hall–Kier alpha value is -2.14. The molecule has 4 N–H and O–H groups in total. The van der Waals surface area contributed by atoms with Crippen LogP contribution in [0.5, 0.6) is 11.5 Å². The largest absolute Gasteiger partial charge is 0.504 e. The van der Waals surface area contributed by atoms with E-state index in [0.717, 1.165) is 5.69 Å². The molecular weight excluding hydrogens is 218 g/mol. The molecule has 5 nitrogen and oxygen atoms in total. The summed E-state index contributed by atoms with van der Waals surface area (Å²) in [5.41, 5.74) is 6.96. The highest BCUT2D eigenvalue weighted by Crippen LogP contribution is 2.28. The monoisotopic (exact) mass is 231 g/mol. The summed E-state index contributed by atoms with van der Waals surface area (Å²) in [6.07, 6.45) is 2.33. The van der Waals surface area contributed by atoms with Crippen molar-refractivity contribution in [1.82, 2.24) is 9.97 Å². The number of rotatable bonds is 3. The van der Waals surface area contributed by atoms with Gasteiger partial charge in [-0.05, 0) is 30.8 Å². The van der Waals surface area contributed by atoms with Crippen molar-refractivity contribution in [1.29, 1.82) is 0 Å². The first kappa shape index (κ1) is 11.3. The molecule has 0 spiro atoms. The van der Waals surface area contributed by atoms with Crippen LogP contribution in [0.1, 0.15) is 5.69 Å². The van der Waals surface area contributed by atoms with Gasteiger partial charge < -0.3 is 15.9 Å². The van der Waals surface area contributed by atoms with Crippen LogP contribution in [0.25, 0.3) is 11.4 Å². The Labute approximate surface area is 98.6 Å². The van der Waals surface area contributed by atoms with Crippen LogP contribution >= 0.6 is 0 Å². The fourth-order valence-electron chi connectivity index (χ4n) is 1.48. The van der Waals surface area contributed by atoms with Crippen molar-refractivity contribution < 1.29 is 10.2 Å². The first-order valence-corrected chi connectivity index (χ1v) is 5.25. The molecule has 0 saturated heterocycles. The van der Waals surface area contributed by atoms with Crippen LogP contribution in [0.15, 0.2) is 30.5 Å². The zero-order valence-electron chi connectivity index (χ0n) is 9.17. The summed E-state index contributed by atoms with van der Waals surface area (Å²) in [5, 5.41) is 18.6. The van der Waals surface area contributed by atoms with Crippen LogP contribution < -0.4 is 5.73 Å². The molecule has 1 aromatic heterocycles. The third kappa shape index (κ3) is 2.51. The maximum absolute atomic E-state index is 9.41. The minimum atomic E-state index is -0.185. The van der Waals surface area contributed by atoms with Crippen molar-refractivity contribution in [3.63, 3.8) is 0 Å². The zero-order valence-corrected chi connectivity index (χ0v) is 9.17. The summed E-state index contributed by atoms with van der Waals surface area (Å²) in [6, 6.07) is 6.29. The standard InChI is InChI=1S/C12H13N3O2/c13-5-3-9-4-6-14-12(15-9)8-1-2-10(16)11(17)7-8/h1-2,4,6-7,16-17H,3,5,13H2. The highest BCUT2D eigenvalue weighted by molar-refractivity contribution is 5.60. The maximum Gasteiger partial charge on any atom is 0.159 e. The van der Waals surface area contributed by atoms with Gasteiger partial charge in [0.05, 0.1) is 0 Å². The van der Waals surface area contributed by atoms with E-state index >= 15 is 0 Å². The van der Waals surface area contributed by atoms with Gasteiger partial charge in [0, 0.05) is 23.9 Å². The number of hydrogen-bond acceptors (Lipinski definition) is 5. The molecule has 0 aliphatic heterocycles. The Balaban J connectivity index is 2.38. The van der Waals surface area contributed by atoms with Crippen molar-refractivity contribution in [2.45, 2.75) is 6.42 Å². The van der Waals surface area contributed by atoms with Gasteiger partial charge in [-0.2, -0.15) is 0 Å². The Bertz CT molecular complexity index is 529. The van der Waals surface area contributed by atoms with E-state index < -0.39 is 0 Å². The fourth-order valence-corrected chi connectivity index (χ4v) is 1.48. The molecule has 0 amide bonds. The van der Waals surface area contributed by atoms with Gasteiger partial charge in [-0.3, -0.25) is 0 Å². The SMILES string of the molecule is NCCc1ccnc(-c2ccc(O)c(O)c2)n1. The quantitative estimate of drug-likeness (QED) is 0.687. The second-order valence-electron chi connectivity index (χ2n) is 3.61. The molecule has 0 fully saturated rings. The summed E-state index contributed by atoms with van der Waals surface area (Å²) < 4.78 is 0. The molecular formula is C12H13N3O2. The number of nitrogens with two attached hydrogens (primary N) is 1. The first-order chi connectivity index (χ1) is 8.20. The normalized spacial score (nSPS) is 10.4. The van der Waals surface area contributed by atoms with Crippen LogP contribution in [-0.2, 0) is 6.42 Å². The molecule has 0 aliphatic carbocycles. The molecule has 0 atom stereocenters. The lowest BCUT2D eigenvalue weighted by molar-refractivity contribution is 0.404. The predicted molar refractivity (Wildman–Crippen MR) is 63.6 cm³/mol. The molecule has 88 valence electrons. The van der Waals surface area contributed by atoms with Gasteiger partial charge in [0.25, 0.3) is 0 Å². The van der Waals surface area contributed by atoms with E-state index in [1.165, 1.54) is 12.1 Å². The topological polar surface area (TPSA) is 92.3 Å². The van der Waals surface area contributed by atoms with Crippen LogP contribution in [0, 0.1) is 0 Å². The molecule has 0 saturated carbocycles. The maximum atomic E-state index is 9.41. The highest BCUT2D eigenvalue weighted by Gasteiger charge is 2.06. The fraction of sp³-hybridized carbons (Fsp3) is 0.167. The van der Waals surface area contributed by atoms with Crippen molar-refractivity contribution in [2.24, 2.45) is 5.73 Å². The van der Waals surface area contributed by atoms with Crippen molar-refractivity contribution in [3.05, 3.63) is 36.2 Å². The number of aromatic nitrogens is 2. The lowest BCUT2D eigenvalue weighted by atomic mass is 10.2. The van der Waals surface area contributed by atoms with E-state index in [1.54, 1.807) is 18.3 Å². The summed E-state index contributed by atoms with van der Waals surface area (Å²) in [6.45, 7) is 0.525. The molecule has 17 heavy (non-hydrogen) atoms.